The molecule has 0 saturated heterocycles. The van der Waals surface area contributed by atoms with Gasteiger partial charge in [-0.2, -0.15) is 0 Å². The predicted octanol–water partition coefficient (Wildman–Crippen LogP) is 6.54. The highest BCUT2D eigenvalue weighted by molar-refractivity contribution is 14.1. The lowest BCUT2D eigenvalue weighted by atomic mass is 10.0. The molecule has 0 N–H and O–H groups in total. The van der Waals surface area contributed by atoms with E-state index in [0.717, 1.165) is 21.1 Å². The molecule has 3 nitrogen and oxygen atoms in total. The molecule has 156 valence electrons. The molecular weight excluding hydrogens is 495 g/mol. The van der Waals surface area contributed by atoms with E-state index in [0.29, 0.717) is 23.7 Å². The molecule has 4 heteroatoms. The van der Waals surface area contributed by atoms with Gasteiger partial charge in [-0.15, -0.1) is 0 Å². The van der Waals surface area contributed by atoms with Crippen LogP contribution in [0.25, 0.3) is 23.1 Å². The van der Waals surface area contributed by atoms with Gasteiger partial charge in [0, 0.05) is 10.1 Å². The number of halogens is 1. The number of nitrogens with zero attached hydrogens (tertiary/aromatic N) is 2. The van der Waals surface area contributed by atoms with Crippen LogP contribution in [0, 0.1) is 3.57 Å². The van der Waals surface area contributed by atoms with Crippen molar-refractivity contribution < 1.29 is 0 Å². The summed E-state index contributed by atoms with van der Waals surface area (Å²) in [6, 6.07) is 24.6. The minimum atomic E-state index is 0.00857. The van der Waals surface area contributed by atoms with Crippen LogP contribution in [0.1, 0.15) is 42.3 Å². The Morgan fingerprint density at radius 3 is 2.42 bits per heavy atom. The van der Waals surface area contributed by atoms with Crippen molar-refractivity contribution in [2.24, 2.45) is 0 Å². The molecular formula is C27H25IN2O. The van der Waals surface area contributed by atoms with Gasteiger partial charge in [-0.25, -0.2) is 4.98 Å². The summed E-state index contributed by atoms with van der Waals surface area (Å²) in [6.45, 7) is 4.97. The zero-order valence-corrected chi connectivity index (χ0v) is 19.9. The molecule has 0 saturated carbocycles. The number of rotatable bonds is 6. The normalized spacial score (nSPS) is 11.6. The minimum absolute atomic E-state index is 0.00857. The largest absolute Gasteiger partial charge is 0.292 e. The molecule has 0 aliphatic carbocycles. The van der Waals surface area contributed by atoms with E-state index in [2.05, 4.69) is 72.8 Å². The van der Waals surface area contributed by atoms with Crippen molar-refractivity contribution in [2.45, 2.75) is 32.7 Å². The Morgan fingerprint density at radius 1 is 0.968 bits per heavy atom. The molecule has 4 rings (SSSR count). The van der Waals surface area contributed by atoms with Gasteiger partial charge in [0.2, 0.25) is 0 Å². The Balaban J connectivity index is 1.73. The smallest absolute Gasteiger partial charge is 0.261 e. The van der Waals surface area contributed by atoms with Crippen molar-refractivity contribution in [2.75, 3.05) is 0 Å². The average molecular weight is 520 g/mol. The molecule has 0 fully saturated rings. The van der Waals surface area contributed by atoms with E-state index in [1.807, 2.05) is 48.6 Å². The summed E-state index contributed by atoms with van der Waals surface area (Å²) in [7, 11) is 0. The molecule has 0 aliphatic rings. The molecule has 0 atom stereocenters. The van der Waals surface area contributed by atoms with Crippen LogP contribution >= 0.6 is 22.6 Å². The van der Waals surface area contributed by atoms with Gasteiger partial charge in [-0.05, 0) is 75.9 Å². The maximum atomic E-state index is 13.3. The highest BCUT2D eigenvalue weighted by atomic mass is 127. The lowest BCUT2D eigenvalue weighted by molar-refractivity contribution is 0.655. The number of hydrogen-bond donors (Lipinski definition) is 0. The first-order chi connectivity index (χ1) is 15.0. The van der Waals surface area contributed by atoms with Gasteiger partial charge < -0.3 is 0 Å². The molecule has 0 bridgehead atoms. The topological polar surface area (TPSA) is 34.9 Å². The lowest BCUT2D eigenvalue weighted by Gasteiger charge is -2.12. The molecule has 0 radical (unpaired) electrons. The van der Waals surface area contributed by atoms with E-state index in [1.165, 1.54) is 11.1 Å². The van der Waals surface area contributed by atoms with Crippen LogP contribution in [0.5, 0.6) is 0 Å². The van der Waals surface area contributed by atoms with E-state index >= 15 is 0 Å². The van der Waals surface area contributed by atoms with Crippen LogP contribution < -0.4 is 5.56 Å². The Kier molecular flexibility index (Phi) is 6.66. The summed E-state index contributed by atoms with van der Waals surface area (Å²) < 4.78 is 2.83. The monoisotopic (exact) mass is 520 g/mol. The second-order valence-electron chi connectivity index (χ2n) is 7.98. The maximum Gasteiger partial charge on any atom is 0.261 e. The van der Waals surface area contributed by atoms with Crippen molar-refractivity contribution in [3.05, 3.63) is 109 Å². The van der Waals surface area contributed by atoms with E-state index in [1.54, 1.807) is 4.57 Å². The van der Waals surface area contributed by atoms with Gasteiger partial charge in [-0.1, -0.05) is 74.5 Å². The molecule has 0 spiro atoms. The first-order valence-electron chi connectivity index (χ1n) is 10.5. The zero-order chi connectivity index (χ0) is 21.8. The average Bonchev–Trinajstić information content (AvgIpc) is 2.78. The Bertz CT molecular complexity index is 1270. The lowest BCUT2D eigenvalue weighted by Crippen LogP contribution is -2.25. The first kappa shape index (κ1) is 21.5. The fraction of sp³-hybridized carbons (Fsp3) is 0.185. The van der Waals surface area contributed by atoms with Crippen molar-refractivity contribution in [3.8, 4) is 0 Å². The highest BCUT2D eigenvalue weighted by Gasteiger charge is 2.10. The van der Waals surface area contributed by atoms with Crippen LogP contribution in [0.2, 0.25) is 0 Å². The van der Waals surface area contributed by atoms with Gasteiger partial charge in [0.15, 0.2) is 0 Å². The number of aromatic nitrogens is 2. The van der Waals surface area contributed by atoms with Crippen molar-refractivity contribution >= 4 is 45.6 Å². The summed E-state index contributed by atoms with van der Waals surface area (Å²) in [5.41, 5.74) is 4.35. The fourth-order valence-electron chi connectivity index (χ4n) is 3.60. The number of fused-ring (bicyclic) bond motifs is 1. The summed E-state index contributed by atoms with van der Waals surface area (Å²) >= 11 is 2.24. The molecule has 0 aliphatic heterocycles. The SMILES string of the molecule is CC(C)c1ccc(/C=C/c2nc3ccc(I)cc3c(=O)n2CCc2ccccc2)cc1. The van der Waals surface area contributed by atoms with Gasteiger partial charge in [-0.3, -0.25) is 9.36 Å². The summed E-state index contributed by atoms with van der Waals surface area (Å²) in [5.74, 6) is 1.19. The third-order valence-electron chi connectivity index (χ3n) is 5.44. The summed E-state index contributed by atoms with van der Waals surface area (Å²) in [5, 5.41) is 0.665. The van der Waals surface area contributed by atoms with Crippen molar-refractivity contribution in [1.29, 1.82) is 0 Å². The van der Waals surface area contributed by atoms with E-state index in [-0.39, 0.29) is 5.56 Å². The Labute approximate surface area is 196 Å². The number of hydrogen-bond acceptors (Lipinski definition) is 2. The van der Waals surface area contributed by atoms with E-state index in [4.69, 9.17) is 4.98 Å². The standard InChI is InChI=1S/C27H25IN2O/c1-19(2)22-11-8-21(9-12-22)10-15-26-29-25-14-13-23(28)18-24(25)27(31)30(26)17-16-20-6-4-3-5-7-20/h3-15,18-19H,16-17H2,1-2H3/b15-10+. The second kappa shape index (κ2) is 9.60. The van der Waals surface area contributed by atoms with Gasteiger partial charge in [0.05, 0.1) is 10.9 Å². The van der Waals surface area contributed by atoms with Crippen LogP contribution in [-0.2, 0) is 13.0 Å². The predicted molar refractivity (Wildman–Crippen MR) is 138 cm³/mol. The third kappa shape index (κ3) is 5.13. The quantitative estimate of drug-likeness (QED) is 0.271. The van der Waals surface area contributed by atoms with Gasteiger partial charge in [0.1, 0.15) is 5.82 Å². The zero-order valence-electron chi connectivity index (χ0n) is 17.8. The van der Waals surface area contributed by atoms with Crippen LogP contribution in [-0.4, -0.2) is 9.55 Å². The molecule has 1 aromatic heterocycles. The first-order valence-corrected chi connectivity index (χ1v) is 11.6. The molecule has 31 heavy (non-hydrogen) atoms. The van der Waals surface area contributed by atoms with Gasteiger partial charge in [0.25, 0.3) is 5.56 Å². The molecule has 3 aromatic carbocycles. The van der Waals surface area contributed by atoms with Crippen LogP contribution in [0.4, 0.5) is 0 Å². The van der Waals surface area contributed by atoms with Crippen LogP contribution in [0.15, 0.2) is 77.6 Å². The maximum absolute atomic E-state index is 13.3. The molecule has 4 aromatic rings. The Hall–Kier alpha value is -2.73. The third-order valence-corrected chi connectivity index (χ3v) is 6.11. The molecule has 0 amide bonds. The Morgan fingerprint density at radius 2 is 1.71 bits per heavy atom. The van der Waals surface area contributed by atoms with E-state index < -0.39 is 0 Å². The molecule has 1 heterocycles. The number of benzene rings is 3. The van der Waals surface area contributed by atoms with Crippen molar-refractivity contribution in [3.63, 3.8) is 0 Å². The molecule has 0 unspecified atom stereocenters. The highest BCUT2D eigenvalue weighted by Crippen LogP contribution is 2.18. The fourth-order valence-corrected chi connectivity index (χ4v) is 4.09. The van der Waals surface area contributed by atoms with Crippen molar-refractivity contribution in [1.82, 2.24) is 9.55 Å². The van der Waals surface area contributed by atoms with Gasteiger partial charge >= 0.3 is 0 Å². The van der Waals surface area contributed by atoms with E-state index in [9.17, 15) is 4.79 Å². The second-order valence-corrected chi connectivity index (χ2v) is 9.22. The minimum Gasteiger partial charge on any atom is -0.292 e. The number of aryl methyl sites for hydroxylation is 1. The summed E-state index contributed by atoms with van der Waals surface area (Å²) in [4.78, 5) is 18.2. The van der Waals surface area contributed by atoms with Crippen LogP contribution in [0.3, 0.4) is 0 Å². The summed E-state index contributed by atoms with van der Waals surface area (Å²) in [6.07, 6.45) is 4.76.